The Balaban J connectivity index is 1.02. The lowest BCUT2D eigenvalue weighted by atomic mass is 9.61. The zero-order valence-corrected chi connectivity index (χ0v) is 40.4. The quantitative estimate of drug-likeness (QED) is 0.0755. The SMILES string of the molecule is C=CC(=O)OCCc1ccc2c(c1)C(CCOC(=O)C=C)(C(C)OC(=O)C=C)c1cc(-c3ccc4c(c3)C(C)(C)c3cc(C5=C6C=CC7=CC(C(C)(C)C)=CC8=CC=C(C=C5)C6C87)ccc3-4)ccc1-2. The molecule has 0 saturated heterocycles. The third-order valence-electron chi connectivity index (χ3n) is 15.5. The summed E-state index contributed by atoms with van der Waals surface area (Å²) >= 11 is 0. The smallest absolute Gasteiger partial charge is 0.330 e. The third kappa shape index (κ3) is 7.52. The molecule has 0 saturated carbocycles. The van der Waals surface area contributed by atoms with Crippen LogP contribution in [0.25, 0.3) is 39.0 Å². The van der Waals surface area contributed by atoms with E-state index in [4.69, 9.17) is 14.2 Å². The molecule has 4 atom stereocenters. The molecule has 0 amide bonds. The van der Waals surface area contributed by atoms with Gasteiger partial charge in [-0.3, -0.25) is 0 Å². The average Bonchev–Trinajstić information content (AvgIpc) is 3.75. The van der Waals surface area contributed by atoms with Gasteiger partial charge in [0.1, 0.15) is 6.10 Å². The number of carbonyl (C=O) groups excluding carboxylic acids is 3. The third-order valence-corrected chi connectivity index (χ3v) is 15.5. The molecule has 4 aromatic rings. The fourth-order valence-corrected chi connectivity index (χ4v) is 11.8. The van der Waals surface area contributed by atoms with Gasteiger partial charge in [0.05, 0.1) is 18.6 Å². The predicted octanol–water partition coefficient (Wildman–Crippen LogP) is 13.3. The lowest BCUT2D eigenvalue weighted by Crippen LogP contribution is -2.41. The van der Waals surface area contributed by atoms with Crippen molar-refractivity contribution in [3.05, 3.63) is 221 Å². The Labute approximate surface area is 406 Å². The Morgan fingerprint density at radius 2 is 1.17 bits per heavy atom. The number of carbonyl (C=O) groups is 3. The van der Waals surface area contributed by atoms with Crippen LogP contribution in [-0.4, -0.2) is 37.2 Å². The molecular formula is C63H58O6. The molecule has 6 nitrogen and oxygen atoms in total. The fraction of sp³-hybridized carbons (Fsp3) is 0.254. The van der Waals surface area contributed by atoms with Crippen LogP contribution in [0.15, 0.2) is 187 Å². The fourth-order valence-electron chi connectivity index (χ4n) is 11.8. The maximum atomic E-state index is 13.0. The average molecular weight is 911 g/mol. The molecule has 0 spiro atoms. The lowest BCUT2D eigenvalue weighted by Gasteiger charge is -2.42. The molecule has 6 heteroatoms. The first kappa shape index (κ1) is 45.5. The van der Waals surface area contributed by atoms with Gasteiger partial charge in [0, 0.05) is 41.9 Å². The maximum absolute atomic E-state index is 13.0. The Morgan fingerprint density at radius 3 is 1.83 bits per heavy atom. The molecule has 0 heterocycles. The van der Waals surface area contributed by atoms with Gasteiger partial charge in [0.2, 0.25) is 0 Å². The Bertz CT molecular complexity index is 3180. The molecule has 0 N–H and O–H groups in total. The van der Waals surface area contributed by atoms with Gasteiger partial charge in [0.25, 0.3) is 0 Å². The van der Waals surface area contributed by atoms with Crippen LogP contribution >= 0.6 is 0 Å². The van der Waals surface area contributed by atoms with Gasteiger partial charge in [0.15, 0.2) is 0 Å². The molecule has 6 aliphatic rings. The zero-order valence-electron chi connectivity index (χ0n) is 40.4. The van der Waals surface area contributed by atoms with Crippen LogP contribution in [0.4, 0.5) is 0 Å². The number of esters is 3. The first-order valence-corrected chi connectivity index (χ1v) is 24.0. The molecule has 0 aliphatic heterocycles. The molecular weight excluding hydrogens is 853 g/mol. The number of ether oxygens (including phenoxy) is 3. The summed E-state index contributed by atoms with van der Waals surface area (Å²) in [6, 6.07) is 26.6. The van der Waals surface area contributed by atoms with Crippen LogP contribution in [0.1, 0.15) is 81.3 Å². The molecule has 0 aromatic heterocycles. The highest BCUT2D eigenvalue weighted by Gasteiger charge is 2.49. The Hall–Kier alpha value is -7.31. The second-order valence-corrected chi connectivity index (χ2v) is 20.6. The van der Waals surface area contributed by atoms with Crippen LogP contribution in [0.3, 0.4) is 0 Å². The monoisotopic (exact) mass is 910 g/mol. The van der Waals surface area contributed by atoms with Crippen molar-refractivity contribution in [3.8, 4) is 33.4 Å². The van der Waals surface area contributed by atoms with Crippen LogP contribution in [0, 0.1) is 17.3 Å². The minimum absolute atomic E-state index is 0.0494. The number of benzene rings is 4. The van der Waals surface area contributed by atoms with Crippen molar-refractivity contribution in [1.29, 1.82) is 0 Å². The van der Waals surface area contributed by atoms with Crippen molar-refractivity contribution in [2.45, 2.75) is 71.3 Å². The van der Waals surface area contributed by atoms with E-state index in [1.807, 2.05) is 13.0 Å². The highest BCUT2D eigenvalue weighted by molar-refractivity contribution is 5.91. The van der Waals surface area contributed by atoms with Crippen LogP contribution in [-0.2, 0) is 45.8 Å². The summed E-state index contributed by atoms with van der Waals surface area (Å²) < 4.78 is 17.1. The molecule has 0 bridgehead atoms. The van der Waals surface area contributed by atoms with Crippen molar-refractivity contribution < 1.29 is 28.6 Å². The summed E-state index contributed by atoms with van der Waals surface area (Å²) in [5.74, 6) is -0.967. The lowest BCUT2D eigenvalue weighted by molar-refractivity contribution is -0.146. The molecule has 346 valence electrons. The van der Waals surface area contributed by atoms with E-state index in [-0.39, 0.29) is 30.0 Å². The molecule has 4 aromatic carbocycles. The molecule has 0 fully saturated rings. The summed E-state index contributed by atoms with van der Waals surface area (Å²) in [5.41, 5.74) is 20.2. The van der Waals surface area contributed by atoms with Gasteiger partial charge in [-0.15, -0.1) is 0 Å². The van der Waals surface area contributed by atoms with E-state index in [1.54, 1.807) is 0 Å². The predicted molar refractivity (Wildman–Crippen MR) is 276 cm³/mol. The summed E-state index contributed by atoms with van der Waals surface area (Å²) in [7, 11) is 0. The minimum atomic E-state index is -0.930. The highest BCUT2D eigenvalue weighted by atomic mass is 16.5. The minimum Gasteiger partial charge on any atom is -0.462 e. The number of hydrogen-bond acceptors (Lipinski definition) is 6. The molecule has 4 unspecified atom stereocenters. The molecule has 6 aliphatic carbocycles. The van der Waals surface area contributed by atoms with Gasteiger partial charge in [-0.2, -0.15) is 0 Å². The highest BCUT2D eigenvalue weighted by Crippen LogP contribution is 2.57. The van der Waals surface area contributed by atoms with Gasteiger partial charge >= 0.3 is 17.9 Å². The first-order valence-electron chi connectivity index (χ1n) is 24.0. The van der Waals surface area contributed by atoms with Gasteiger partial charge < -0.3 is 14.2 Å². The van der Waals surface area contributed by atoms with Gasteiger partial charge in [-0.25, -0.2) is 14.4 Å². The van der Waals surface area contributed by atoms with E-state index in [2.05, 4.69) is 170 Å². The molecule has 69 heavy (non-hydrogen) atoms. The van der Waals surface area contributed by atoms with Crippen LogP contribution in [0.2, 0.25) is 0 Å². The standard InChI is InChI=1S/C63H58O6/c1-10-56(64)67-29-27-38-13-21-49-50-24-18-41(35-55(50)63(54(49)31-38,28-30-68-57(65)11-2)37(4)69-58(66)12-3)40-17-23-47-48-25-19-42(36-53(48)62(8,9)52(47)34-40)46-22-16-39-14-15-43-32-45(61(5,6)7)33-44-20-26-51(46)60(39)59(43)44/h10-26,31-37,59-60H,1-3,27-30H2,4-9H3. The number of fused-ring (bicyclic) bond motifs is 6. The van der Waals surface area contributed by atoms with E-state index in [9.17, 15) is 14.4 Å². The summed E-state index contributed by atoms with van der Waals surface area (Å²) in [6.45, 7) is 24.4. The van der Waals surface area contributed by atoms with E-state index in [0.717, 1.165) is 51.1 Å². The van der Waals surface area contributed by atoms with Crippen molar-refractivity contribution in [3.63, 3.8) is 0 Å². The van der Waals surface area contributed by atoms with Crippen molar-refractivity contribution in [2.75, 3.05) is 13.2 Å². The number of rotatable bonds is 13. The summed E-state index contributed by atoms with van der Waals surface area (Å²) in [4.78, 5) is 37.4. The van der Waals surface area contributed by atoms with Crippen molar-refractivity contribution >= 4 is 23.5 Å². The van der Waals surface area contributed by atoms with E-state index < -0.39 is 29.4 Å². The van der Waals surface area contributed by atoms with Crippen LogP contribution < -0.4 is 0 Å². The van der Waals surface area contributed by atoms with Crippen molar-refractivity contribution in [2.24, 2.45) is 17.3 Å². The first-order chi connectivity index (χ1) is 33.1. The van der Waals surface area contributed by atoms with Crippen LogP contribution in [0.5, 0.6) is 0 Å². The molecule has 0 radical (unpaired) electrons. The van der Waals surface area contributed by atoms with Gasteiger partial charge in [-0.1, -0.05) is 158 Å². The largest absolute Gasteiger partial charge is 0.462 e. The zero-order chi connectivity index (χ0) is 48.6. The second kappa shape index (κ2) is 17.0. The van der Waals surface area contributed by atoms with Gasteiger partial charge in [-0.05, 0) is 137 Å². The van der Waals surface area contributed by atoms with E-state index in [0.29, 0.717) is 18.8 Å². The summed E-state index contributed by atoms with van der Waals surface area (Å²) in [5, 5.41) is 0. The summed E-state index contributed by atoms with van der Waals surface area (Å²) in [6.07, 6.45) is 22.4. The second-order valence-electron chi connectivity index (χ2n) is 20.6. The van der Waals surface area contributed by atoms with E-state index in [1.165, 1.54) is 67.3 Å². The number of allylic oxidation sites excluding steroid dienone is 14. The normalized spacial score (nSPS) is 20.9. The van der Waals surface area contributed by atoms with E-state index >= 15 is 0 Å². The maximum Gasteiger partial charge on any atom is 0.330 e. The Morgan fingerprint density at radius 1 is 0.623 bits per heavy atom. The molecule has 10 rings (SSSR count). The van der Waals surface area contributed by atoms with Crippen molar-refractivity contribution in [1.82, 2.24) is 0 Å². The topological polar surface area (TPSA) is 78.9 Å². The Kier molecular flexibility index (Phi) is 11.2. The number of hydrogen-bond donors (Lipinski definition) is 0.